The highest BCUT2D eigenvalue weighted by Gasteiger charge is 2.11. The van der Waals surface area contributed by atoms with Crippen LogP contribution in [0.2, 0.25) is 0 Å². The van der Waals surface area contributed by atoms with E-state index in [-0.39, 0.29) is 11.8 Å². The van der Waals surface area contributed by atoms with Gasteiger partial charge in [-0.05, 0) is 48.5 Å². The van der Waals surface area contributed by atoms with Gasteiger partial charge in [-0.25, -0.2) is 4.98 Å². The number of amides is 2. The summed E-state index contributed by atoms with van der Waals surface area (Å²) in [6.07, 6.45) is 4.75. The zero-order valence-electron chi connectivity index (χ0n) is 15.2. The van der Waals surface area contributed by atoms with Crippen LogP contribution in [0.15, 0.2) is 79.3 Å². The number of anilines is 2. The zero-order valence-corrected chi connectivity index (χ0v) is 15.2. The summed E-state index contributed by atoms with van der Waals surface area (Å²) in [6, 6.07) is 17.2. The van der Waals surface area contributed by atoms with Gasteiger partial charge in [0.25, 0.3) is 11.8 Å². The van der Waals surface area contributed by atoms with Crippen molar-refractivity contribution in [3.63, 3.8) is 0 Å². The number of carbonyl (C=O) groups is 2. The van der Waals surface area contributed by atoms with Gasteiger partial charge in [0, 0.05) is 23.6 Å². The summed E-state index contributed by atoms with van der Waals surface area (Å²) < 4.78 is 0. The van der Waals surface area contributed by atoms with Gasteiger partial charge in [-0.2, -0.15) is 0 Å². The van der Waals surface area contributed by atoms with Crippen LogP contribution in [0.4, 0.5) is 11.5 Å². The molecule has 4 aromatic rings. The number of pyridine rings is 2. The van der Waals surface area contributed by atoms with Crippen LogP contribution in [-0.4, -0.2) is 31.8 Å². The Morgan fingerprint density at radius 3 is 2.21 bits per heavy atom. The standard InChI is InChI=1S/C21H16N6O2/c28-20(27-18-13-24-19(26-18)16-5-1-3-11-22-16)14-7-9-15(10-8-14)25-21(29)17-6-2-4-12-23-17/h1-13H,(H,24,26)(H,25,29)(H,27,28). The van der Waals surface area contributed by atoms with Crippen molar-refractivity contribution in [2.45, 2.75) is 0 Å². The van der Waals surface area contributed by atoms with Crippen LogP contribution in [0.25, 0.3) is 11.5 Å². The number of nitrogens with one attached hydrogen (secondary N) is 3. The lowest BCUT2D eigenvalue weighted by atomic mass is 10.2. The van der Waals surface area contributed by atoms with Crippen molar-refractivity contribution in [2.75, 3.05) is 10.6 Å². The predicted octanol–water partition coefficient (Wildman–Crippen LogP) is 3.37. The van der Waals surface area contributed by atoms with Crippen LogP contribution >= 0.6 is 0 Å². The molecule has 0 fully saturated rings. The number of hydrogen-bond acceptors (Lipinski definition) is 5. The molecule has 29 heavy (non-hydrogen) atoms. The number of carbonyl (C=O) groups excluding carboxylic acids is 2. The van der Waals surface area contributed by atoms with E-state index in [0.29, 0.717) is 34.3 Å². The Bertz CT molecular complexity index is 1120. The van der Waals surface area contributed by atoms with Gasteiger partial charge < -0.3 is 15.6 Å². The van der Waals surface area contributed by atoms with Crippen molar-refractivity contribution in [3.05, 3.63) is 90.5 Å². The summed E-state index contributed by atoms with van der Waals surface area (Å²) in [5.41, 5.74) is 2.00. The fourth-order valence-corrected chi connectivity index (χ4v) is 2.61. The number of nitrogens with zero attached hydrogens (tertiary/aromatic N) is 3. The first-order chi connectivity index (χ1) is 14.2. The van der Waals surface area contributed by atoms with E-state index in [1.165, 1.54) is 6.20 Å². The van der Waals surface area contributed by atoms with Gasteiger partial charge in [-0.3, -0.25) is 19.6 Å². The average molecular weight is 384 g/mol. The average Bonchev–Trinajstić information content (AvgIpc) is 3.24. The van der Waals surface area contributed by atoms with Crippen LogP contribution in [0, 0.1) is 0 Å². The molecule has 3 N–H and O–H groups in total. The molecule has 8 nitrogen and oxygen atoms in total. The second-order valence-corrected chi connectivity index (χ2v) is 6.06. The van der Waals surface area contributed by atoms with E-state index >= 15 is 0 Å². The molecule has 0 aliphatic rings. The maximum atomic E-state index is 12.4. The molecule has 4 rings (SSSR count). The summed E-state index contributed by atoms with van der Waals surface area (Å²) in [4.78, 5) is 40.0. The van der Waals surface area contributed by atoms with Crippen molar-refractivity contribution >= 4 is 23.3 Å². The smallest absolute Gasteiger partial charge is 0.274 e. The minimum atomic E-state index is -0.317. The first-order valence-electron chi connectivity index (χ1n) is 8.79. The van der Waals surface area contributed by atoms with Crippen molar-refractivity contribution in [1.29, 1.82) is 0 Å². The maximum Gasteiger partial charge on any atom is 0.274 e. The fraction of sp³-hybridized carbons (Fsp3) is 0. The van der Waals surface area contributed by atoms with Crippen molar-refractivity contribution in [1.82, 2.24) is 19.9 Å². The molecule has 0 bridgehead atoms. The Kier molecular flexibility index (Phi) is 5.06. The monoisotopic (exact) mass is 384 g/mol. The van der Waals surface area contributed by atoms with Gasteiger partial charge in [-0.1, -0.05) is 12.1 Å². The minimum Gasteiger partial charge on any atom is -0.323 e. The second-order valence-electron chi connectivity index (χ2n) is 6.06. The molecule has 142 valence electrons. The SMILES string of the molecule is O=C(Nc1cnc(-c2ccccn2)[nH]1)c1ccc(NC(=O)c2ccccn2)cc1. The van der Waals surface area contributed by atoms with Crippen molar-refractivity contribution in [2.24, 2.45) is 0 Å². The third kappa shape index (κ3) is 4.33. The van der Waals surface area contributed by atoms with Crippen LogP contribution in [-0.2, 0) is 0 Å². The molecule has 2 amide bonds. The van der Waals surface area contributed by atoms with Crippen LogP contribution in [0.5, 0.6) is 0 Å². The van der Waals surface area contributed by atoms with E-state index in [1.807, 2.05) is 18.2 Å². The normalized spacial score (nSPS) is 10.3. The van der Waals surface area contributed by atoms with Gasteiger partial charge in [-0.15, -0.1) is 0 Å². The lowest BCUT2D eigenvalue weighted by Gasteiger charge is -2.06. The van der Waals surface area contributed by atoms with Gasteiger partial charge in [0.2, 0.25) is 0 Å². The molecule has 8 heteroatoms. The molecule has 3 heterocycles. The van der Waals surface area contributed by atoms with Crippen LogP contribution in [0.1, 0.15) is 20.8 Å². The lowest BCUT2D eigenvalue weighted by molar-refractivity contribution is 0.101. The highest BCUT2D eigenvalue weighted by molar-refractivity contribution is 6.05. The number of hydrogen-bond donors (Lipinski definition) is 3. The third-order valence-electron chi connectivity index (χ3n) is 4.03. The summed E-state index contributed by atoms with van der Waals surface area (Å²) in [5, 5.41) is 5.49. The summed E-state index contributed by atoms with van der Waals surface area (Å²) in [7, 11) is 0. The van der Waals surface area contributed by atoms with E-state index in [9.17, 15) is 9.59 Å². The molecule has 0 radical (unpaired) electrons. The number of aromatic amines is 1. The molecule has 0 saturated heterocycles. The maximum absolute atomic E-state index is 12.4. The summed E-state index contributed by atoms with van der Waals surface area (Å²) in [5.74, 6) is 0.405. The Hall–Kier alpha value is -4.33. The van der Waals surface area contributed by atoms with E-state index in [2.05, 4.69) is 30.6 Å². The highest BCUT2D eigenvalue weighted by atomic mass is 16.2. The van der Waals surface area contributed by atoms with Gasteiger partial charge >= 0.3 is 0 Å². The first-order valence-corrected chi connectivity index (χ1v) is 8.79. The zero-order chi connectivity index (χ0) is 20.1. The predicted molar refractivity (Wildman–Crippen MR) is 108 cm³/mol. The van der Waals surface area contributed by atoms with Crippen molar-refractivity contribution in [3.8, 4) is 11.5 Å². The van der Waals surface area contributed by atoms with E-state index in [4.69, 9.17) is 0 Å². The lowest BCUT2D eigenvalue weighted by Crippen LogP contribution is -2.14. The van der Waals surface area contributed by atoms with Crippen LogP contribution < -0.4 is 10.6 Å². The molecule has 1 aromatic carbocycles. The highest BCUT2D eigenvalue weighted by Crippen LogP contribution is 2.16. The number of benzene rings is 1. The van der Waals surface area contributed by atoms with Gasteiger partial charge in [0.1, 0.15) is 17.2 Å². The Balaban J connectivity index is 1.40. The number of imidazole rings is 1. The van der Waals surface area contributed by atoms with Gasteiger partial charge in [0.15, 0.2) is 5.82 Å². The molecule has 0 aliphatic heterocycles. The van der Waals surface area contributed by atoms with Crippen molar-refractivity contribution < 1.29 is 9.59 Å². The summed E-state index contributed by atoms with van der Waals surface area (Å²) >= 11 is 0. The van der Waals surface area contributed by atoms with E-state index < -0.39 is 0 Å². The minimum absolute atomic E-state index is 0.302. The molecule has 0 spiro atoms. The fourth-order valence-electron chi connectivity index (χ4n) is 2.61. The molecule has 0 saturated carbocycles. The molecule has 3 aromatic heterocycles. The number of H-pyrrole nitrogens is 1. The molecule has 0 aliphatic carbocycles. The van der Waals surface area contributed by atoms with Crippen LogP contribution in [0.3, 0.4) is 0 Å². The largest absolute Gasteiger partial charge is 0.323 e. The second kappa shape index (κ2) is 8.13. The van der Waals surface area contributed by atoms with E-state index in [1.54, 1.807) is 54.9 Å². The number of aromatic nitrogens is 4. The Morgan fingerprint density at radius 1 is 0.759 bits per heavy atom. The molecule has 0 unspecified atom stereocenters. The third-order valence-corrected chi connectivity index (χ3v) is 4.03. The van der Waals surface area contributed by atoms with Gasteiger partial charge in [0.05, 0.1) is 6.20 Å². The topological polar surface area (TPSA) is 113 Å². The quantitative estimate of drug-likeness (QED) is 0.488. The first kappa shape index (κ1) is 18.1. The Morgan fingerprint density at radius 2 is 1.52 bits per heavy atom. The molecular formula is C21H16N6O2. The number of rotatable bonds is 5. The molecular weight excluding hydrogens is 368 g/mol. The van der Waals surface area contributed by atoms with E-state index in [0.717, 1.165) is 0 Å². The summed E-state index contributed by atoms with van der Waals surface area (Å²) in [6.45, 7) is 0. The molecule has 0 atom stereocenters. The Labute approximate surface area is 166 Å².